The Morgan fingerprint density at radius 1 is 1.26 bits per heavy atom. The van der Waals surface area contributed by atoms with Gasteiger partial charge in [0.2, 0.25) is 0 Å². The second kappa shape index (κ2) is 5.62. The van der Waals surface area contributed by atoms with Crippen LogP contribution in [0.5, 0.6) is 0 Å². The minimum absolute atomic E-state index is 0.175. The molecule has 1 N–H and O–H groups in total. The highest BCUT2D eigenvalue weighted by Crippen LogP contribution is 2.33. The van der Waals surface area contributed by atoms with Crippen LogP contribution in [0.4, 0.5) is 5.82 Å². The first-order valence-corrected chi connectivity index (χ1v) is 8.85. The topological polar surface area (TPSA) is 53.7 Å². The summed E-state index contributed by atoms with van der Waals surface area (Å²) in [7, 11) is 0. The van der Waals surface area contributed by atoms with Gasteiger partial charge in [0.25, 0.3) is 0 Å². The van der Waals surface area contributed by atoms with Gasteiger partial charge in [0.1, 0.15) is 5.82 Å². The van der Waals surface area contributed by atoms with Gasteiger partial charge < -0.3 is 10.0 Å². The second-order valence-corrected chi connectivity index (χ2v) is 7.09. The van der Waals surface area contributed by atoms with Crippen LogP contribution < -0.4 is 4.90 Å². The SMILES string of the molecule is Cc1cc(N2CCC(O)CC2)n2nc(C)c(-c3cccs3)c2n1. The number of aliphatic hydroxyl groups is 1. The average Bonchev–Trinajstić information content (AvgIpc) is 3.14. The molecule has 0 unspecified atom stereocenters. The third-order valence-electron chi connectivity index (χ3n) is 4.43. The fraction of sp³-hybridized carbons (Fsp3) is 0.412. The van der Waals surface area contributed by atoms with Crippen LogP contribution in [0.2, 0.25) is 0 Å². The van der Waals surface area contributed by atoms with Gasteiger partial charge in [-0.15, -0.1) is 11.3 Å². The third-order valence-corrected chi connectivity index (χ3v) is 5.32. The molecule has 1 fully saturated rings. The van der Waals surface area contributed by atoms with E-state index in [0.29, 0.717) is 0 Å². The molecule has 0 atom stereocenters. The Balaban J connectivity index is 1.88. The van der Waals surface area contributed by atoms with Crippen molar-refractivity contribution < 1.29 is 5.11 Å². The van der Waals surface area contributed by atoms with E-state index in [0.717, 1.165) is 54.3 Å². The molecule has 6 heteroatoms. The van der Waals surface area contributed by atoms with Gasteiger partial charge in [-0.05, 0) is 38.1 Å². The lowest BCUT2D eigenvalue weighted by molar-refractivity contribution is 0.145. The monoisotopic (exact) mass is 328 g/mol. The highest BCUT2D eigenvalue weighted by molar-refractivity contribution is 7.13. The normalized spacial score (nSPS) is 16.4. The molecule has 23 heavy (non-hydrogen) atoms. The van der Waals surface area contributed by atoms with Gasteiger partial charge in [-0.25, -0.2) is 4.98 Å². The summed E-state index contributed by atoms with van der Waals surface area (Å²) in [5.74, 6) is 1.07. The maximum atomic E-state index is 9.75. The van der Waals surface area contributed by atoms with E-state index >= 15 is 0 Å². The predicted molar refractivity (Wildman–Crippen MR) is 93.2 cm³/mol. The number of hydrogen-bond donors (Lipinski definition) is 1. The smallest absolute Gasteiger partial charge is 0.166 e. The second-order valence-electron chi connectivity index (χ2n) is 6.15. The standard InChI is InChI=1S/C17H20N4OS/c1-11-10-15(20-7-5-13(22)6-8-20)21-17(18-11)16(12(2)19-21)14-4-3-9-23-14/h3-4,9-10,13,22H,5-8H2,1-2H3. The van der Waals surface area contributed by atoms with Crippen LogP contribution in [0, 0.1) is 13.8 Å². The van der Waals surface area contributed by atoms with Crippen molar-refractivity contribution in [1.82, 2.24) is 14.6 Å². The molecule has 3 aromatic heterocycles. The van der Waals surface area contributed by atoms with E-state index in [-0.39, 0.29) is 6.10 Å². The van der Waals surface area contributed by atoms with Crippen molar-refractivity contribution in [2.24, 2.45) is 0 Å². The van der Waals surface area contributed by atoms with Crippen molar-refractivity contribution >= 4 is 22.8 Å². The van der Waals surface area contributed by atoms with Gasteiger partial charge in [0.15, 0.2) is 5.65 Å². The van der Waals surface area contributed by atoms with Crippen molar-refractivity contribution in [3.05, 3.63) is 35.0 Å². The molecule has 4 heterocycles. The van der Waals surface area contributed by atoms with Crippen LogP contribution in [-0.2, 0) is 0 Å². The lowest BCUT2D eigenvalue weighted by atomic mass is 10.1. The van der Waals surface area contributed by atoms with E-state index in [4.69, 9.17) is 10.1 Å². The Hall–Kier alpha value is -1.92. The number of thiophene rings is 1. The molecule has 0 aliphatic carbocycles. The van der Waals surface area contributed by atoms with E-state index in [1.54, 1.807) is 11.3 Å². The summed E-state index contributed by atoms with van der Waals surface area (Å²) in [6, 6.07) is 6.27. The number of aryl methyl sites for hydroxylation is 2. The molecule has 1 saturated heterocycles. The van der Waals surface area contributed by atoms with Gasteiger partial charge in [0, 0.05) is 29.7 Å². The molecule has 5 nitrogen and oxygen atoms in total. The van der Waals surface area contributed by atoms with Gasteiger partial charge >= 0.3 is 0 Å². The van der Waals surface area contributed by atoms with Gasteiger partial charge in [-0.2, -0.15) is 9.61 Å². The van der Waals surface area contributed by atoms with Crippen molar-refractivity contribution in [3.63, 3.8) is 0 Å². The summed E-state index contributed by atoms with van der Waals surface area (Å²) in [5, 5.41) is 16.6. The number of hydrogen-bond acceptors (Lipinski definition) is 5. The molecule has 0 radical (unpaired) electrons. The van der Waals surface area contributed by atoms with Crippen molar-refractivity contribution in [2.45, 2.75) is 32.8 Å². The first kappa shape index (κ1) is 14.7. The number of fused-ring (bicyclic) bond motifs is 1. The van der Waals surface area contributed by atoms with Crippen LogP contribution in [0.1, 0.15) is 24.2 Å². The Kier molecular flexibility index (Phi) is 3.58. The Morgan fingerprint density at radius 2 is 2.04 bits per heavy atom. The summed E-state index contributed by atoms with van der Waals surface area (Å²) in [5.41, 5.74) is 4.05. The number of aromatic nitrogens is 3. The van der Waals surface area contributed by atoms with E-state index in [9.17, 15) is 5.11 Å². The summed E-state index contributed by atoms with van der Waals surface area (Å²) in [6.45, 7) is 5.78. The Bertz CT molecular complexity index is 832. The fourth-order valence-corrected chi connectivity index (χ4v) is 4.07. The van der Waals surface area contributed by atoms with E-state index in [1.807, 2.05) is 18.4 Å². The lowest BCUT2D eigenvalue weighted by Crippen LogP contribution is -2.37. The number of nitrogens with zero attached hydrogens (tertiary/aromatic N) is 4. The van der Waals surface area contributed by atoms with Crippen LogP contribution in [0.3, 0.4) is 0 Å². The predicted octanol–water partition coefficient (Wildman–Crippen LogP) is 3.04. The maximum absolute atomic E-state index is 9.75. The van der Waals surface area contributed by atoms with Gasteiger partial charge in [-0.3, -0.25) is 0 Å². The molecule has 3 aromatic rings. The summed E-state index contributed by atoms with van der Waals surface area (Å²) in [6.07, 6.45) is 1.44. The molecular formula is C17H20N4OS. The van der Waals surface area contributed by atoms with Crippen LogP contribution >= 0.6 is 11.3 Å². The zero-order valence-electron chi connectivity index (χ0n) is 13.4. The molecule has 0 bridgehead atoms. The highest BCUT2D eigenvalue weighted by Gasteiger charge is 2.22. The minimum Gasteiger partial charge on any atom is -0.393 e. The van der Waals surface area contributed by atoms with E-state index in [2.05, 4.69) is 28.5 Å². The summed E-state index contributed by atoms with van der Waals surface area (Å²) in [4.78, 5) is 8.26. The minimum atomic E-state index is -0.175. The highest BCUT2D eigenvalue weighted by atomic mass is 32.1. The fourth-order valence-electron chi connectivity index (χ4n) is 3.25. The summed E-state index contributed by atoms with van der Waals surface area (Å²) >= 11 is 1.72. The van der Waals surface area contributed by atoms with Crippen molar-refractivity contribution in [1.29, 1.82) is 0 Å². The number of aliphatic hydroxyl groups excluding tert-OH is 1. The first-order valence-electron chi connectivity index (χ1n) is 7.97. The van der Waals surface area contributed by atoms with Crippen molar-refractivity contribution in [3.8, 4) is 10.4 Å². The zero-order valence-corrected chi connectivity index (χ0v) is 14.2. The molecule has 0 amide bonds. The van der Waals surface area contributed by atoms with Crippen molar-refractivity contribution in [2.75, 3.05) is 18.0 Å². The molecule has 1 aliphatic rings. The average molecular weight is 328 g/mol. The summed E-state index contributed by atoms with van der Waals surface area (Å²) < 4.78 is 1.97. The first-order chi connectivity index (χ1) is 11.1. The molecule has 0 aromatic carbocycles. The van der Waals surface area contributed by atoms with E-state index < -0.39 is 0 Å². The van der Waals surface area contributed by atoms with E-state index in [1.165, 1.54) is 4.88 Å². The lowest BCUT2D eigenvalue weighted by Gasteiger charge is -2.31. The third kappa shape index (κ3) is 2.52. The molecule has 1 aliphatic heterocycles. The molecule has 0 saturated carbocycles. The molecule has 120 valence electrons. The zero-order chi connectivity index (χ0) is 16.0. The molecule has 4 rings (SSSR count). The number of anilines is 1. The van der Waals surface area contributed by atoms with Crippen LogP contribution in [0.15, 0.2) is 23.6 Å². The Labute approximate surface area is 139 Å². The molecular weight excluding hydrogens is 308 g/mol. The quantitative estimate of drug-likeness (QED) is 0.785. The molecule has 0 spiro atoms. The van der Waals surface area contributed by atoms with Crippen LogP contribution in [-0.4, -0.2) is 38.9 Å². The Morgan fingerprint density at radius 3 is 2.74 bits per heavy atom. The van der Waals surface area contributed by atoms with Gasteiger partial charge in [-0.1, -0.05) is 6.07 Å². The van der Waals surface area contributed by atoms with Gasteiger partial charge in [0.05, 0.1) is 17.4 Å². The maximum Gasteiger partial charge on any atom is 0.166 e. The van der Waals surface area contributed by atoms with Crippen LogP contribution in [0.25, 0.3) is 16.1 Å². The number of piperidine rings is 1. The largest absolute Gasteiger partial charge is 0.393 e. The number of rotatable bonds is 2.